The highest BCUT2D eigenvalue weighted by Crippen LogP contribution is 2.48. The summed E-state index contributed by atoms with van der Waals surface area (Å²) in [5, 5.41) is 5.52. The third-order valence-electron chi connectivity index (χ3n) is 4.39. The van der Waals surface area contributed by atoms with E-state index in [1.807, 2.05) is 12.1 Å². The summed E-state index contributed by atoms with van der Waals surface area (Å²) >= 11 is 0. The van der Waals surface area contributed by atoms with Crippen molar-refractivity contribution >= 4 is 17.6 Å². The second-order valence-electron chi connectivity index (χ2n) is 6.16. The van der Waals surface area contributed by atoms with E-state index in [0.29, 0.717) is 37.1 Å². The molecule has 0 atom stereocenters. The van der Waals surface area contributed by atoms with Crippen molar-refractivity contribution in [3.05, 3.63) is 71.8 Å². The zero-order valence-corrected chi connectivity index (χ0v) is 13.8. The van der Waals surface area contributed by atoms with Crippen LogP contribution in [0.2, 0.25) is 0 Å². The van der Waals surface area contributed by atoms with Crippen molar-refractivity contribution in [1.82, 2.24) is 10.6 Å². The molecule has 1 fully saturated rings. The molecule has 1 aliphatic rings. The van der Waals surface area contributed by atoms with Gasteiger partial charge in [0.1, 0.15) is 5.41 Å². The topological polar surface area (TPSA) is 75.3 Å². The Hall–Kier alpha value is -2.95. The Kier molecular flexibility index (Phi) is 4.93. The van der Waals surface area contributed by atoms with Crippen molar-refractivity contribution in [3.63, 3.8) is 0 Å². The highest BCUT2D eigenvalue weighted by molar-refractivity contribution is 6.16. The molecule has 5 heteroatoms. The van der Waals surface area contributed by atoms with Gasteiger partial charge in [0, 0.05) is 24.2 Å². The maximum Gasteiger partial charge on any atom is 0.251 e. The minimum absolute atomic E-state index is 0.126. The summed E-state index contributed by atoms with van der Waals surface area (Å²) in [5.41, 5.74) is 0.212. The van der Waals surface area contributed by atoms with Gasteiger partial charge in [0.25, 0.3) is 5.91 Å². The third-order valence-corrected chi connectivity index (χ3v) is 4.39. The molecule has 2 N–H and O–H groups in total. The van der Waals surface area contributed by atoms with E-state index < -0.39 is 5.41 Å². The van der Waals surface area contributed by atoms with Crippen LogP contribution in [0, 0.1) is 5.41 Å². The molecule has 0 bridgehead atoms. The molecule has 0 saturated heterocycles. The maximum absolute atomic E-state index is 12.6. The van der Waals surface area contributed by atoms with Gasteiger partial charge in [0.05, 0.1) is 0 Å². The Morgan fingerprint density at radius 1 is 0.760 bits per heavy atom. The van der Waals surface area contributed by atoms with E-state index >= 15 is 0 Å². The Balaban J connectivity index is 1.48. The van der Waals surface area contributed by atoms with Crippen LogP contribution >= 0.6 is 0 Å². The van der Waals surface area contributed by atoms with Crippen LogP contribution in [-0.4, -0.2) is 30.7 Å². The fourth-order valence-corrected chi connectivity index (χ4v) is 2.76. The fraction of sp³-hybridized carbons (Fsp3) is 0.250. The van der Waals surface area contributed by atoms with Gasteiger partial charge in [-0.1, -0.05) is 48.5 Å². The highest BCUT2D eigenvalue weighted by atomic mass is 16.2. The largest absolute Gasteiger partial charge is 0.353 e. The number of benzene rings is 2. The Labute approximate surface area is 146 Å². The van der Waals surface area contributed by atoms with Crippen molar-refractivity contribution in [3.8, 4) is 0 Å². The molecule has 0 radical (unpaired) electrons. The van der Waals surface area contributed by atoms with E-state index in [0.717, 1.165) is 0 Å². The van der Waals surface area contributed by atoms with Crippen LogP contribution in [0.3, 0.4) is 0 Å². The number of hydrogen-bond donors (Lipinski definition) is 2. The summed E-state index contributed by atoms with van der Waals surface area (Å²) < 4.78 is 0. The molecule has 0 spiro atoms. The van der Waals surface area contributed by atoms with Crippen molar-refractivity contribution in [2.24, 2.45) is 5.41 Å². The molecular formula is C20H20N2O3. The number of hydrogen-bond acceptors (Lipinski definition) is 3. The van der Waals surface area contributed by atoms with Gasteiger partial charge >= 0.3 is 0 Å². The molecule has 5 nitrogen and oxygen atoms in total. The predicted octanol–water partition coefficient (Wildman–Crippen LogP) is 2.20. The average molecular weight is 336 g/mol. The van der Waals surface area contributed by atoms with E-state index in [2.05, 4.69) is 10.6 Å². The summed E-state index contributed by atoms with van der Waals surface area (Å²) in [5.74, 6) is -0.564. The summed E-state index contributed by atoms with van der Waals surface area (Å²) in [7, 11) is 0. The molecule has 2 aromatic carbocycles. The summed E-state index contributed by atoms with van der Waals surface area (Å²) in [6, 6.07) is 17.8. The molecule has 25 heavy (non-hydrogen) atoms. The zero-order chi connectivity index (χ0) is 17.7. The molecule has 0 unspecified atom stereocenters. The normalized spacial score (nSPS) is 14.4. The molecule has 3 rings (SSSR count). The van der Waals surface area contributed by atoms with Crippen molar-refractivity contribution < 1.29 is 14.4 Å². The van der Waals surface area contributed by atoms with Crippen LogP contribution in [0.5, 0.6) is 0 Å². The van der Waals surface area contributed by atoms with Crippen molar-refractivity contribution in [2.75, 3.05) is 13.1 Å². The number of carbonyl (C=O) groups excluding carboxylic acids is 3. The first-order chi connectivity index (χ1) is 12.1. The lowest BCUT2D eigenvalue weighted by Gasteiger charge is -2.14. The van der Waals surface area contributed by atoms with Gasteiger partial charge < -0.3 is 10.6 Å². The lowest BCUT2D eigenvalue weighted by Crippen LogP contribution is -2.41. The SMILES string of the molecule is O=C(NCCNC(=O)C1(C(=O)c2ccccc2)CC1)c1ccccc1. The summed E-state index contributed by atoms with van der Waals surface area (Å²) in [6.45, 7) is 0.607. The van der Waals surface area contributed by atoms with Gasteiger partial charge in [-0.2, -0.15) is 0 Å². The minimum atomic E-state index is -0.926. The van der Waals surface area contributed by atoms with Crippen LogP contribution in [-0.2, 0) is 4.79 Å². The quantitative estimate of drug-likeness (QED) is 0.462. The van der Waals surface area contributed by atoms with Crippen molar-refractivity contribution in [2.45, 2.75) is 12.8 Å². The molecule has 0 aromatic heterocycles. The Morgan fingerprint density at radius 2 is 1.28 bits per heavy atom. The number of ketones is 1. The molecule has 0 heterocycles. The van der Waals surface area contributed by atoms with E-state index in [4.69, 9.17) is 0 Å². The van der Waals surface area contributed by atoms with E-state index in [-0.39, 0.29) is 17.6 Å². The fourth-order valence-electron chi connectivity index (χ4n) is 2.76. The zero-order valence-electron chi connectivity index (χ0n) is 13.8. The van der Waals surface area contributed by atoms with Crippen LogP contribution < -0.4 is 10.6 Å². The monoisotopic (exact) mass is 336 g/mol. The second kappa shape index (κ2) is 7.30. The van der Waals surface area contributed by atoms with Gasteiger partial charge in [0.15, 0.2) is 5.78 Å². The Morgan fingerprint density at radius 3 is 1.84 bits per heavy atom. The van der Waals surface area contributed by atoms with Crippen LogP contribution in [0.1, 0.15) is 33.6 Å². The van der Waals surface area contributed by atoms with E-state index in [1.165, 1.54) is 0 Å². The number of carbonyl (C=O) groups is 3. The lowest BCUT2D eigenvalue weighted by atomic mass is 9.94. The molecule has 2 aromatic rings. The minimum Gasteiger partial charge on any atom is -0.353 e. The first-order valence-corrected chi connectivity index (χ1v) is 8.35. The molecule has 0 aliphatic heterocycles. The van der Waals surface area contributed by atoms with Gasteiger partial charge in [-0.25, -0.2) is 0 Å². The maximum atomic E-state index is 12.6. The second-order valence-corrected chi connectivity index (χ2v) is 6.16. The summed E-state index contributed by atoms with van der Waals surface area (Å²) in [4.78, 5) is 36.9. The molecule has 1 aliphatic carbocycles. The first kappa shape index (κ1) is 16.9. The van der Waals surface area contributed by atoms with Gasteiger partial charge in [-0.05, 0) is 25.0 Å². The van der Waals surface area contributed by atoms with Gasteiger partial charge in [0.2, 0.25) is 5.91 Å². The molecular weight excluding hydrogens is 316 g/mol. The number of rotatable bonds is 7. The standard InChI is InChI=1S/C20H20N2O3/c23-17(15-7-3-1-4-8-15)20(11-12-20)19(25)22-14-13-21-18(24)16-9-5-2-6-10-16/h1-10H,11-14H2,(H,21,24)(H,22,25). The van der Waals surface area contributed by atoms with Crippen LogP contribution in [0.15, 0.2) is 60.7 Å². The number of amides is 2. The highest BCUT2D eigenvalue weighted by Gasteiger charge is 2.56. The lowest BCUT2D eigenvalue weighted by molar-refractivity contribution is -0.124. The smallest absolute Gasteiger partial charge is 0.251 e. The molecule has 1 saturated carbocycles. The van der Waals surface area contributed by atoms with Gasteiger partial charge in [-0.15, -0.1) is 0 Å². The molecule has 2 amide bonds. The Bertz CT molecular complexity index is 768. The van der Waals surface area contributed by atoms with E-state index in [1.54, 1.807) is 48.5 Å². The van der Waals surface area contributed by atoms with Gasteiger partial charge in [-0.3, -0.25) is 14.4 Å². The van der Waals surface area contributed by atoms with E-state index in [9.17, 15) is 14.4 Å². The third kappa shape index (κ3) is 3.76. The molecule has 128 valence electrons. The first-order valence-electron chi connectivity index (χ1n) is 8.35. The number of nitrogens with one attached hydrogen (secondary N) is 2. The van der Waals surface area contributed by atoms with Crippen LogP contribution in [0.4, 0.5) is 0 Å². The van der Waals surface area contributed by atoms with Crippen molar-refractivity contribution in [1.29, 1.82) is 0 Å². The number of Topliss-reactive ketones (excluding diaryl/α,β-unsaturated/α-hetero) is 1. The predicted molar refractivity (Wildman–Crippen MR) is 94.2 cm³/mol. The average Bonchev–Trinajstić information content (AvgIpc) is 3.47. The van der Waals surface area contributed by atoms with Crippen LogP contribution in [0.25, 0.3) is 0 Å². The summed E-state index contributed by atoms with van der Waals surface area (Å²) in [6.07, 6.45) is 1.14.